The third-order valence-corrected chi connectivity index (χ3v) is 7.35. The van der Waals surface area contributed by atoms with Gasteiger partial charge in [-0.05, 0) is 85.0 Å². The second kappa shape index (κ2) is 10.4. The van der Waals surface area contributed by atoms with Crippen molar-refractivity contribution in [1.82, 2.24) is 4.90 Å². The fourth-order valence-electron chi connectivity index (χ4n) is 5.47. The van der Waals surface area contributed by atoms with Gasteiger partial charge < -0.3 is 18.8 Å². The van der Waals surface area contributed by atoms with Crippen LogP contribution in [0.25, 0.3) is 11.0 Å². The predicted molar refractivity (Wildman–Crippen MR) is 154 cm³/mol. The van der Waals surface area contributed by atoms with Crippen LogP contribution in [0, 0.1) is 13.8 Å². The van der Waals surface area contributed by atoms with Gasteiger partial charge in [0.1, 0.15) is 22.8 Å². The highest BCUT2D eigenvalue weighted by molar-refractivity contribution is 5.99. The van der Waals surface area contributed by atoms with E-state index in [1.807, 2.05) is 105 Å². The Morgan fingerprint density at radius 1 is 0.825 bits per heavy atom. The zero-order chi connectivity index (χ0) is 27.8. The van der Waals surface area contributed by atoms with E-state index in [9.17, 15) is 9.59 Å². The van der Waals surface area contributed by atoms with E-state index in [4.69, 9.17) is 13.9 Å². The third-order valence-electron chi connectivity index (χ3n) is 7.35. The zero-order valence-corrected chi connectivity index (χ0v) is 22.6. The van der Waals surface area contributed by atoms with E-state index in [1.54, 1.807) is 12.0 Å². The Kier molecular flexibility index (Phi) is 6.60. The van der Waals surface area contributed by atoms with Gasteiger partial charge in [-0.2, -0.15) is 0 Å². The molecule has 0 aliphatic carbocycles. The van der Waals surface area contributed by atoms with E-state index < -0.39 is 6.04 Å². The van der Waals surface area contributed by atoms with Crippen molar-refractivity contribution in [3.8, 4) is 17.2 Å². The summed E-state index contributed by atoms with van der Waals surface area (Å²) in [5.74, 6) is 1.92. The van der Waals surface area contributed by atoms with Gasteiger partial charge in [0.2, 0.25) is 5.76 Å². The van der Waals surface area contributed by atoms with Crippen LogP contribution in [0.5, 0.6) is 17.2 Å². The number of fused-ring (bicyclic) bond motifs is 2. The third kappa shape index (κ3) is 4.62. The van der Waals surface area contributed by atoms with E-state index in [1.165, 1.54) is 0 Å². The van der Waals surface area contributed by atoms with Gasteiger partial charge in [0.25, 0.3) is 5.91 Å². The summed E-state index contributed by atoms with van der Waals surface area (Å²) in [6.45, 7) is 4.25. The number of hydrogen-bond acceptors (Lipinski definition) is 5. The highest BCUT2D eigenvalue weighted by Crippen LogP contribution is 2.40. The van der Waals surface area contributed by atoms with Gasteiger partial charge in [0.05, 0.1) is 24.1 Å². The molecule has 6 heteroatoms. The SMILES string of the molecule is COc1ccc(CCN2C(=O)c3oc4c(C)cc(C)cc4c(=O)c3C2c2cccc(Oc3ccccc3)c2)cc1. The molecule has 0 N–H and O–H groups in total. The number of hydrogen-bond donors (Lipinski definition) is 0. The van der Waals surface area contributed by atoms with Crippen LogP contribution in [-0.2, 0) is 6.42 Å². The summed E-state index contributed by atoms with van der Waals surface area (Å²) < 4.78 is 17.6. The van der Waals surface area contributed by atoms with Crippen LogP contribution in [0.4, 0.5) is 0 Å². The molecule has 0 radical (unpaired) electrons. The summed E-state index contributed by atoms with van der Waals surface area (Å²) in [6, 6.07) is 28.0. The van der Waals surface area contributed by atoms with E-state index >= 15 is 0 Å². The Balaban J connectivity index is 1.45. The Morgan fingerprint density at radius 3 is 2.33 bits per heavy atom. The first-order valence-corrected chi connectivity index (χ1v) is 13.3. The van der Waals surface area contributed by atoms with Crippen molar-refractivity contribution in [2.24, 2.45) is 0 Å². The van der Waals surface area contributed by atoms with Crippen LogP contribution in [-0.4, -0.2) is 24.5 Å². The van der Waals surface area contributed by atoms with E-state index in [0.717, 1.165) is 28.0 Å². The summed E-state index contributed by atoms with van der Waals surface area (Å²) >= 11 is 0. The number of carbonyl (C=O) groups excluding carboxylic acids is 1. The highest BCUT2D eigenvalue weighted by Gasteiger charge is 2.42. The number of para-hydroxylation sites is 1. The minimum Gasteiger partial charge on any atom is -0.497 e. The zero-order valence-electron chi connectivity index (χ0n) is 22.6. The number of nitrogens with zero attached hydrogens (tertiary/aromatic N) is 1. The van der Waals surface area contributed by atoms with E-state index in [-0.39, 0.29) is 17.1 Å². The van der Waals surface area contributed by atoms with Crippen LogP contribution >= 0.6 is 0 Å². The van der Waals surface area contributed by atoms with Gasteiger partial charge in [0, 0.05) is 6.54 Å². The second-order valence-corrected chi connectivity index (χ2v) is 10.1. The van der Waals surface area contributed by atoms with Gasteiger partial charge in [-0.1, -0.05) is 48.5 Å². The lowest BCUT2D eigenvalue weighted by molar-refractivity contribution is 0.0730. The molecule has 0 bridgehead atoms. The largest absolute Gasteiger partial charge is 0.497 e. The minimum atomic E-state index is -0.610. The molecule has 1 aromatic heterocycles. The molecule has 1 amide bonds. The van der Waals surface area contributed by atoms with Crippen LogP contribution in [0.2, 0.25) is 0 Å². The Labute approximate surface area is 232 Å². The first-order chi connectivity index (χ1) is 19.4. The number of ether oxygens (including phenoxy) is 2. The second-order valence-electron chi connectivity index (χ2n) is 10.1. The first-order valence-electron chi connectivity index (χ1n) is 13.3. The van der Waals surface area contributed by atoms with Crippen LogP contribution < -0.4 is 14.9 Å². The Morgan fingerprint density at radius 2 is 1.57 bits per heavy atom. The molecule has 1 atom stereocenters. The van der Waals surface area contributed by atoms with Crippen molar-refractivity contribution in [1.29, 1.82) is 0 Å². The molecule has 200 valence electrons. The molecule has 6 nitrogen and oxygen atoms in total. The molecule has 0 fully saturated rings. The normalized spacial score (nSPS) is 14.4. The van der Waals surface area contributed by atoms with Crippen molar-refractivity contribution < 1.29 is 18.7 Å². The maximum atomic E-state index is 14.0. The fraction of sp³-hybridized carbons (Fsp3) is 0.176. The van der Waals surface area contributed by atoms with Crippen molar-refractivity contribution in [3.63, 3.8) is 0 Å². The molecule has 1 aliphatic heterocycles. The number of aryl methyl sites for hydroxylation is 2. The molecule has 5 aromatic rings. The van der Waals surface area contributed by atoms with Crippen molar-refractivity contribution in [2.45, 2.75) is 26.3 Å². The molecule has 1 unspecified atom stereocenters. The molecule has 0 saturated heterocycles. The minimum absolute atomic E-state index is 0.110. The summed E-state index contributed by atoms with van der Waals surface area (Å²) in [4.78, 5) is 29.7. The number of carbonyl (C=O) groups is 1. The first kappa shape index (κ1) is 25.4. The van der Waals surface area contributed by atoms with E-state index in [0.29, 0.717) is 41.0 Å². The molecule has 0 spiro atoms. The highest BCUT2D eigenvalue weighted by atomic mass is 16.5. The van der Waals surface area contributed by atoms with Crippen LogP contribution in [0.15, 0.2) is 100 Å². The van der Waals surface area contributed by atoms with Gasteiger partial charge in [-0.15, -0.1) is 0 Å². The van der Waals surface area contributed by atoms with Crippen LogP contribution in [0.1, 0.15) is 44.4 Å². The van der Waals surface area contributed by atoms with E-state index in [2.05, 4.69) is 0 Å². The van der Waals surface area contributed by atoms with Gasteiger partial charge in [0.15, 0.2) is 5.43 Å². The number of rotatable bonds is 7. The van der Waals surface area contributed by atoms with Gasteiger partial charge in [-0.3, -0.25) is 9.59 Å². The lowest BCUT2D eigenvalue weighted by Gasteiger charge is -2.25. The maximum absolute atomic E-state index is 14.0. The predicted octanol–water partition coefficient (Wildman–Crippen LogP) is 7.00. The van der Waals surface area contributed by atoms with Crippen LogP contribution in [0.3, 0.4) is 0 Å². The molecular formula is C34H29NO5. The smallest absolute Gasteiger partial charge is 0.290 e. The molecule has 0 saturated carbocycles. The quantitative estimate of drug-likeness (QED) is 0.226. The lowest BCUT2D eigenvalue weighted by Crippen LogP contribution is -2.31. The Hall–Kier alpha value is -4.84. The molecule has 2 heterocycles. The summed E-state index contributed by atoms with van der Waals surface area (Å²) in [6.07, 6.45) is 0.603. The monoisotopic (exact) mass is 531 g/mol. The standard InChI is InChI=1S/C34H29NO5/c1-21-18-22(2)32-28(19-21)31(36)29-30(24-8-7-11-27(20-24)39-26-9-5-4-6-10-26)35(34(37)33(29)40-32)17-16-23-12-14-25(38-3)15-13-23/h4-15,18-20,30H,16-17H2,1-3H3. The average molecular weight is 532 g/mol. The molecule has 4 aromatic carbocycles. The van der Waals surface area contributed by atoms with Gasteiger partial charge in [-0.25, -0.2) is 0 Å². The molecular weight excluding hydrogens is 502 g/mol. The topological polar surface area (TPSA) is 69.0 Å². The molecule has 1 aliphatic rings. The number of amides is 1. The number of methoxy groups -OCH3 is 1. The molecule has 40 heavy (non-hydrogen) atoms. The average Bonchev–Trinajstić information content (AvgIpc) is 3.25. The van der Waals surface area contributed by atoms with Crippen molar-refractivity contribution in [3.05, 3.63) is 135 Å². The summed E-state index contributed by atoms with van der Waals surface area (Å²) in [5, 5.41) is 0.489. The number of benzene rings is 4. The lowest BCUT2D eigenvalue weighted by atomic mass is 9.97. The Bertz CT molecular complexity index is 1770. The van der Waals surface area contributed by atoms with Crippen molar-refractivity contribution in [2.75, 3.05) is 13.7 Å². The maximum Gasteiger partial charge on any atom is 0.290 e. The van der Waals surface area contributed by atoms with Crippen molar-refractivity contribution >= 4 is 16.9 Å². The summed E-state index contributed by atoms with van der Waals surface area (Å²) in [7, 11) is 1.63. The fourth-order valence-corrected chi connectivity index (χ4v) is 5.47. The molecule has 6 rings (SSSR count). The van der Waals surface area contributed by atoms with Gasteiger partial charge >= 0.3 is 0 Å². The summed E-state index contributed by atoms with van der Waals surface area (Å²) in [5.41, 5.74) is 4.28.